The van der Waals surface area contributed by atoms with Crippen LogP contribution in [0.4, 0.5) is 0 Å². The molecule has 20 heavy (non-hydrogen) atoms. The van der Waals surface area contributed by atoms with Gasteiger partial charge in [-0.05, 0) is 46.3 Å². The molecule has 0 aromatic heterocycles. The van der Waals surface area contributed by atoms with Crippen molar-refractivity contribution in [3.05, 3.63) is 29.8 Å². The van der Waals surface area contributed by atoms with Crippen molar-refractivity contribution in [2.75, 3.05) is 26.7 Å². The van der Waals surface area contributed by atoms with Crippen molar-refractivity contribution in [1.82, 2.24) is 10.2 Å². The van der Waals surface area contributed by atoms with Crippen molar-refractivity contribution in [2.24, 2.45) is 0 Å². The smallest absolute Gasteiger partial charge is 0.124 e. The molecule has 1 N–H and O–H groups in total. The van der Waals surface area contributed by atoms with Crippen molar-refractivity contribution in [1.29, 1.82) is 0 Å². The van der Waals surface area contributed by atoms with Gasteiger partial charge in [0.2, 0.25) is 0 Å². The van der Waals surface area contributed by atoms with Crippen molar-refractivity contribution in [3.63, 3.8) is 0 Å². The summed E-state index contributed by atoms with van der Waals surface area (Å²) < 4.78 is 5.72. The summed E-state index contributed by atoms with van der Waals surface area (Å²) in [5.74, 6) is 1.01. The first-order chi connectivity index (χ1) is 9.72. The molecule has 1 aliphatic rings. The van der Waals surface area contributed by atoms with Crippen LogP contribution in [0.3, 0.4) is 0 Å². The van der Waals surface area contributed by atoms with Gasteiger partial charge >= 0.3 is 0 Å². The molecule has 0 aliphatic carbocycles. The van der Waals surface area contributed by atoms with Gasteiger partial charge in [0.05, 0.1) is 6.61 Å². The molecule has 0 saturated carbocycles. The zero-order valence-corrected chi connectivity index (χ0v) is 13.1. The van der Waals surface area contributed by atoms with Crippen LogP contribution in [0.15, 0.2) is 24.3 Å². The van der Waals surface area contributed by atoms with E-state index in [2.05, 4.69) is 42.4 Å². The lowest BCUT2D eigenvalue weighted by atomic mass is 10.0. The Labute approximate surface area is 123 Å². The van der Waals surface area contributed by atoms with E-state index in [0.29, 0.717) is 12.1 Å². The topological polar surface area (TPSA) is 24.5 Å². The maximum absolute atomic E-state index is 5.72. The minimum atomic E-state index is 0.327. The van der Waals surface area contributed by atoms with Crippen molar-refractivity contribution < 1.29 is 4.74 Å². The van der Waals surface area contributed by atoms with Crippen molar-refractivity contribution >= 4 is 0 Å². The Hall–Kier alpha value is -1.06. The van der Waals surface area contributed by atoms with Gasteiger partial charge in [0.1, 0.15) is 5.75 Å². The predicted octanol–water partition coefficient (Wildman–Crippen LogP) is 3.22. The van der Waals surface area contributed by atoms with Crippen LogP contribution in [0.1, 0.15) is 44.7 Å². The Kier molecular flexibility index (Phi) is 5.86. The average molecular weight is 276 g/mol. The highest BCUT2D eigenvalue weighted by atomic mass is 16.5. The van der Waals surface area contributed by atoms with Gasteiger partial charge in [0.25, 0.3) is 0 Å². The Morgan fingerprint density at radius 2 is 2.15 bits per heavy atom. The molecule has 2 atom stereocenters. The molecular formula is C17H28N2O. The van der Waals surface area contributed by atoms with Gasteiger partial charge in [0, 0.05) is 24.2 Å². The van der Waals surface area contributed by atoms with Crippen LogP contribution in [-0.2, 0) is 0 Å². The lowest BCUT2D eigenvalue weighted by Gasteiger charge is -2.33. The second-order valence-corrected chi connectivity index (χ2v) is 5.73. The van der Waals surface area contributed by atoms with E-state index < -0.39 is 0 Å². The second-order valence-electron chi connectivity index (χ2n) is 5.73. The number of hydrogen-bond donors (Lipinski definition) is 1. The summed E-state index contributed by atoms with van der Waals surface area (Å²) in [5, 5.41) is 3.68. The van der Waals surface area contributed by atoms with E-state index in [1.165, 1.54) is 31.4 Å². The number of nitrogens with one attached hydrogen (secondary N) is 1. The molecule has 0 radical (unpaired) electrons. The number of piperidine rings is 1. The Balaban J connectivity index is 1.92. The number of para-hydroxylation sites is 1. The average Bonchev–Trinajstić information content (AvgIpc) is 2.47. The number of likely N-dealkylation sites (tertiary alicyclic amines) is 1. The van der Waals surface area contributed by atoms with E-state index in [4.69, 9.17) is 4.74 Å². The van der Waals surface area contributed by atoms with Gasteiger partial charge in [0.15, 0.2) is 0 Å². The number of nitrogens with zero attached hydrogens (tertiary/aromatic N) is 1. The first-order valence-electron chi connectivity index (χ1n) is 7.87. The van der Waals surface area contributed by atoms with Gasteiger partial charge < -0.3 is 15.0 Å². The number of likely N-dealkylation sites (N-methyl/N-ethyl adjacent to an activating group) is 1. The van der Waals surface area contributed by atoms with E-state index in [9.17, 15) is 0 Å². The summed E-state index contributed by atoms with van der Waals surface area (Å²) in [6.07, 6.45) is 4.01. The molecule has 1 fully saturated rings. The van der Waals surface area contributed by atoms with Crippen LogP contribution >= 0.6 is 0 Å². The Morgan fingerprint density at radius 1 is 1.35 bits per heavy atom. The SMILES string of the molecule is CCOc1ccccc1C(C)NCC1CCCCN1C. The number of rotatable bonds is 6. The number of ether oxygens (including phenoxy) is 1. The molecule has 0 bridgehead atoms. The lowest BCUT2D eigenvalue weighted by molar-refractivity contribution is 0.178. The highest BCUT2D eigenvalue weighted by Gasteiger charge is 2.20. The zero-order chi connectivity index (χ0) is 14.4. The highest BCUT2D eigenvalue weighted by molar-refractivity contribution is 5.35. The van der Waals surface area contributed by atoms with Crippen LogP contribution < -0.4 is 10.1 Å². The van der Waals surface area contributed by atoms with E-state index in [-0.39, 0.29) is 0 Å². The predicted molar refractivity (Wildman–Crippen MR) is 84.3 cm³/mol. The molecule has 0 spiro atoms. The maximum atomic E-state index is 5.72. The van der Waals surface area contributed by atoms with Gasteiger partial charge in [-0.15, -0.1) is 0 Å². The molecule has 112 valence electrons. The molecule has 0 amide bonds. The van der Waals surface area contributed by atoms with Crippen molar-refractivity contribution in [2.45, 2.75) is 45.2 Å². The zero-order valence-electron chi connectivity index (χ0n) is 13.1. The third-order valence-corrected chi connectivity index (χ3v) is 4.27. The maximum Gasteiger partial charge on any atom is 0.124 e. The quantitative estimate of drug-likeness (QED) is 0.863. The van der Waals surface area contributed by atoms with E-state index in [1.54, 1.807) is 0 Å². The van der Waals surface area contributed by atoms with Crippen LogP contribution in [0.25, 0.3) is 0 Å². The number of hydrogen-bond acceptors (Lipinski definition) is 3. The molecule has 1 aromatic carbocycles. The standard InChI is InChI=1S/C17H28N2O/c1-4-20-17-11-6-5-10-16(17)14(2)18-13-15-9-7-8-12-19(15)3/h5-6,10-11,14-15,18H,4,7-9,12-13H2,1-3H3. The summed E-state index contributed by atoms with van der Waals surface area (Å²) in [6.45, 7) is 7.26. The number of benzene rings is 1. The fourth-order valence-electron chi connectivity index (χ4n) is 2.95. The third-order valence-electron chi connectivity index (χ3n) is 4.27. The Morgan fingerprint density at radius 3 is 2.90 bits per heavy atom. The molecule has 1 aliphatic heterocycles. The molecule has 2 rings (SSSR count). The lowest BCUT2D eigenvalue weighted by Crippen LogP contribution is -2.43. The molecule has 1 heterocycles. The summed E-state index contributed by atoms with van der Waals surface area (Å²) in [7, 11) is 2.24. The van der Waals surface area contributed by atoms with Gasteiger partial charge in [-0.25, -0.2) is 0 Å². The normalized spacial score (nSPS) is 21.6. The largest absolute Gasteiger partial charge is 0.494 e. The van der Waals surface area contributed by atoms with E-state index in [0.717, 1.165) is 18.9 Å². The fourth-order valence-corrected chi connectivity index (χ4v) is 2.95. The molecular weight excluding hydrogens is 248 g/mol. The first-order valence-corrected chi connectivity index (χ1v) is 7.87. The fraction of sp³-hybridized carbons (Fsp3) is 0.647. The molecule has 3 heteroatoms. The van der Waals surface area contributed by atoms with Crippen molar-refractivity contribution in [3.8, 4) is 5.75 Å². The van der Waals surface area contributed by atoms with Gasteiger partial charge in [-0.3, -0.25) is 0 Å². The van der Waals surface area contributed by atoms with Crippen LogP contribution in [0.2, 0.25) is 0 Å². The van der Waals surface area contributed by atoms with E-state index >= 15 is 0 Å². The van der Waals surface area contributed by atoms with Gasteiger partial charge in [-0.2, -0.15) is 0 Å². The summed E-state index contributed by atoms with van der Waals surface area (Å²) in [5.41, 5.74) is 1.26. The second kappa shape index (κ2) is 7.65. The molecule has 3 nitrogen and oxygen atoms in total. The monoisotopic (exact) mass is 276 g/mol. The minimum Gasteiger partial charge on any atom is -0.494 e. The van der Waals surface area contributed by atoms with Crippen LogP contribution in [0.5, 0.6) is 5.75 Å². The molecule has 1 aromatic rings. The highest BCUT2D eigenvalue weighted by Crippen LogP contribution is 2.25. The minimum absolute atomic E-state index is 0.327. The first kappa shape index (κ1) is 15.3. The molecule has 2 unspecified atom stereocenters. The summed E-state index contributed by atoms with van der Waals surface area (Å²) in [4.78, 5) is 2.48. The van der Waals surface area contributed by atoms with Crippen LogP contribution in [0, 0.1) is 0 Å². The summed E-state index contributed by atoms with van der Waals surface area (Å²) in [6, 6.07) is 9.34. The van der Waals surface area contributed by atoms with E-state index in [1.807, 2.05) is 13.0 Å². The third kappa shape index (κ3) is 3.97. The van der Waals surface area contributed by atoms with Gasteiger partial charge in [-0.1, -0.05) is 24.6 Å². The van der Waals surface area contributed by atoms with Crippen LogP contribution in [-0.4, -0.2) is 37.7 Å². The summed E-state index contributed by atoms with van der Waals surface area (Å²) >= 11 is 0. The Bertz CT molecular complexity index is 408. The molecule has 1 saturated heterocycles.